The van der Waals surface area contributed by atoms with Gasteiger partial charge in [-0.3, -0.25) is 0 Å². The standard InChI is InChI=1S/C14H15ClN2S/c1-2-6-18-7-5-16-9-11-10-17-14-8-12(15)3-4-13(11)14/h1,3-4,8,10,16-17H,5-7,9H2. The molecule has 2 nitrogen and oxygen atoms in total. The van der Waals surface area contributed by atoms with Crippen molar-refractivity contribution in [3.05, 3.63) is 35.0 Å². The van der Waals surface area contributed by atoms with Gasteiger partial charge in [0.15, 0.2) is 0 Å². The van der Waals surface area contributed by atoms with Gasteiger partial charge in [0.25, 0.3) is 0 Å². The van der Waals surface area contributed by atoms with Crippen molar-refractivity contribution in [2.45, 2.75) is 6.54 Å². The molecule has 1 aromatic carbocycles. The highest BCUT2D eigenvalue weighted by Crippen LogP contribution is 2.21. The van der Waals surface area contributed by atoms with Gasteiger partial charge in [-0.05, 0) is 17.7 Å². The molecule has 0 spiro atoms. The second kappa shape index (κ2) is 6.75. The van der Waals surface area contributed by atoms with Gasteiger partial charge in [-0.15, -0.1) is 18.2 Å². The zero-order chi connectivity index (χ0) is 12.8. The lowest BCUT2D eigenvalue weighted by Crippen LogP contribution is -2.16. The van der Waals surface area contributed by atoms with Crippen LogP contribution in [-0.2, 0) is 6.54 Å². The molecule has 0 radical (unpaired) electrons. The summed E-state index contributed by atoms with van der Waals surface area (Å²) in [6, 6.07) is 5.92. The average Bonchev–Trinajstić information content (AvgIpc) is 2.76. The Morgan fingerprint density at radius 1 is 1.44 bits per heavy atom. The van der Waals surface area contributed by atoms with E-state index in [2.05, 4.69) is 22.3 Å². The molecule has 0 amide bonds. The average molecular weight is 279 g/mol. The van der Waals surface area contributed by atoms with Gasteiger partial charge in [0, 0.05) is 41.0 Å². The van der Waals surface area contributed by atoms with E-state index < -0.39 is 0 Å². The molecule has 0 saturated carbocycles. The molecule has 0 aliphatic rings. The number of hydrogen-bond donors (Lipinski definition) is 2. The monoisotopic (exact) mass is 278 g/mol. The lowest BCUT2D eigenvalue weighted by molar-refractivity contribution is 0.736. The fourth-order valence-electron chi connectivity index (χ4n) is 1.80. The van der Waals surface area contributed by atoms with Crippen LogP contribution in [0.4, 0.5) is 0 Å². The number of thioether (sulfide) groups is 1. The second-order valence-corrected chi connectivity index (χ2v) is 5.48. The number of terminal acetylenes is 1. The van der Waals surface area contributed by atoms with E-state index in [1.165, 1.54) is 10.9 Å². The minimum atomic E-state index is 0.759. The molecule has 0 aliphatic heterocycles. The third-order valence-corrected chi connectivity index (χ3v) is 3.75. The summed E-state index contributed by atoms with van der Waals surface area (Å²) in [5.41, 5.74) is 2.35. The minimum absolute atomic E-state index is 0.759. The summed E-state index contributed by atoms with van der Waals surface area (Å²) in [6.07, 6.45) is 7.22. The van der Waals surface area contributed by atoms with Crippen LogP contribution < -0.4 is 5.32 Å². The van der Waals surface area contributed by atoms with Crippen LogP contribution in [0, 0.1) is 12.3 Å². The highest BCUT2D eigenvalue weighted by molar-refractivity contribution is 7.99. The Morgan fingerprint density at radius 3 is 3.17 bits per heavy atom. The van der Waals surface area contributed by atoms with E-state index in [1.807, 2.05) is 18.3 Å². The van der Waals surface area contributed by atoms with E-state index in [-0.39, 0.29) is 0 Å². The number of nitrogens with one attached hydrogen (secondary N) is 2. The van der Waals surface area contributed by atoms with Crippen LogP contribution in [0.15, 0.2) is 24.4 Å². The van der Waals surface area contributed by atoms with Crippen LogP contribution in [0.2, 0.25) is 5.02 Å². The van der Waals surface area contributed by atoms with Crippen LogP contribution >= 0.6 is 23.4 Å². The number of rotatable bonds is 6. The molecule has 2 N–H and O–H groups in total. The summed E-state index contributed by atoms with van der Waals surface area (Å²) < 4.78 is 0. The Bertz CT molecular complexity index is 556. The SMILES string of the molecule is C#CCSCCNCc1c[nH]c2cc(Cl)ccc12. The van der Waals surface area contributed by atoms with E-state index in [9.17, 15) is 0 Å². The van der Waals surface area contributed by atoms with E-state index >= 15 is 0 Å². The summed E-state index contributed by atoms with van der Waals surface area (Å²) in [5.74, 6) is 4.44. The summed E-state index contributed by atoms with van der Waals surface area (Å²) in [6.45, 7) is 1.82. The van der Waals surface area contributed by atoms with Crippen molar-refractivity contribution in [2.24, 2.45) is 0 Å². The topological polar surface area (TPSA) is 27.8 Å². The molecule has 0 unspecified atom stereocenters. The zero-order valence-electron chi connectivity index (χ0n) is 10.0. The minimum Gasteiger partial charge on any atom is -0.361 e. The number of aromatic amines is 1. The van der Waals surface area contributed by atoms with Crippen molar-refractivity contribution >= 4 is 34.3 Å². The largest absolute Gasteiger partial charge is 0.361 e. The Balaban J connectivity index is 1.87. The zero-order valence-corrected chi connectivity index (χ0v) is 11.6. The normalized spacial score (nSPS) is 10.7. The summed E-state index contributed by atoms with van der Waals surface area (Å²) >= 11 is 7.72. The molecule has 94 valence electrons. The first-order chi connectivity index (χ1) is 8.81. The van der Waals surface area contributed by atoms with Gasteiger partial charge >= 0.3 is 0 Å². The maximum absolute atomic E-state index is 5.95. The summed E-state index contributed by atoms with van der Waals surface area (Å²) in [5, 5.41) is 5.40. The highest BCUT2D eigenvalue weighted by atomic mass is 35.5. The second-order valence-electron chi connectivity index (χ2n) is 3.94. The Kier molecular flexibility index (Phi) is 5.00. The van der Waals surface area contributed by atoms with Crippen LogP contribution in [0.25, 0.3) is 10.9 Å². The van der Waals surface area contributed by atoms with E-state index in [4.69, 9.17) is 18.0 Å². The molecule has 2 rings (SSSR count). The van der Waals surface area contributed by atoms with E-state index in [0.717, 1.165) is 35.1 Å². The molecule has 1 heterocycles. The molecular formula is C14H15ClN2S. The lowest BCUT2D eigenvalue weighted by Gasteiger charge is -2.03. The third kappa shape index (κ3) is 3.46. The smallest absolute Gasteiger partial charge is 0.0545 e. The fraction of sp³-hybridized carbons (Fsp3) is 0.286. The van der Waals surface area contributed by atoms with E-state index in [0.29, 0.717) is 0 Å². The number of benzene rings is 1. The Hall–Kier alpha value is -1.08. The molecule has 0 saturated heterocycles. The number of fused-ring (bicyclic) bond motifs is 1. The predicted molar refractivity (Wildman–Crippen MR) is 81.2 cm³/mol. The molecule has 18 heavy (non-hydrogen) atoms. The van der Waals surface area contributed by atoms with Crippen molar-refractivity contribution in [1.29, 1.82) is 0 Å². The first-order valence-electron chi connectivity index (χ1n) is 5.78. The Labute approximate surface area is 116 Å². The molecule has 0 bridgehead atoms. The van der Waals surface area contributed by atoms with Crippen LogP contribution in [0.5, 0.6) is 0 Å². The van der Waals surface area contributed by atoms with Gasteiger partial charge in [0.1, 0.15) is 0 Å². The first-order valence-corrected chi connectivity index (χ1v) is 7.32. The maximum atomic E-state index is 5.95. The summed E-state index contributed by atoms with van der Waals surface area (Å²) in [4.78, 5) is 3.23. The number of halogens is 1. The first kappa shape index (κ1) is 13.4. The molecule has 4 heteroatoms. The van der Waals surface area contributed by atoms with Gasteiger partial charge in [-0.25, -0.2) is 0 Å². The van der Waals surface area contributed by atoms with E-state index in [1.54, 1.807) is 11.8 Å². The third-order valence-electron chi connectivity index (χ3n) is 2.65. The molecule has 2 aromatic rings. The lowest BCUT2D eigenvalue weighted by atomic mass is 10.2. The van der Waals surface area contributed by atoms with Gasteiger partial charge in [-0.2, -0.15) is 0 Å². The van der Waals surface area contributed by atoms with Crippen molar-refractivity contribution in [3.63, 3.8) is 0 Å². The van der Waals surface area contributed by atoms with Crippen LogP contribution in [0.3, 0.4) is 0 Å². The van der Waals surface area contributed by atoms with Gasteiger partial charge in [-0.1, -0.05) is 23.6 Å². The number of hydrogen-bond acceptors (Lipinski definition) is 2. The number of aromatic nitrogens is 1. The predicted octanol–water partition coefficient (Wildman–Crippen LogP) is 3.28. The number of H-pyrrole nitrogens is 1. The van der Waals surface area contributed by atoms with Gasteiger partial charge < -0.3 is 10.3 Å². The highest BCUT2D eigenvalue weighted by Gasteiger charge is 2.03. The van der Waals surface area contributed by atoms with Crippen molar-refractivity contribution < 1.29 is 0 Å². The molecular weight excluding hydrogens is 264 g/mol. The maximum Gasteiger partial charge on any atom is 0.0545 e. The quantitative estimate of drug-likeness (QED) is 0.627. The summed E-state index contributed by atoms with van der Waals surface area (Å²) in [7, 11) is 0. The Morgan fingerprint density at radius 2 is 2.33 bits per heavy atom. The molecule has 0 atom stereocenters. The van der Waals surface area contributed by atoms with Gasteiger partial charge in [0.05, 0.1) is 5.75 Å². The molecule has 0 fully saturated rings. The van der Waals surface area contributed by atoms with Crippen LogP contribution in [-0.4, -0.2) is 23.0 Å². The van der Waals surface area contributed by atoms with Crippen molar-refractivity contribution in [2.75, 3.05) is 18.1 Å². The molecule has 1 aromatic heterocycles. The van der Waals surface area contributed by atoms with Crippen molar-refractivity contribution in [1.82, 2.24) is 10.3 Å². The van der Waals surface area contributed by atoms with Gasteiger partial charge in [0.2, 0.25) is 0 Å². The van der Waals surface area contributed by atoms with Crippen LogP contribution in [0.1, 0.15) is 5.56 Å². The fourth-order valence-corrected chi connectivity index (χ4v) is 2.53. The van der Waals surface area contributed by atoms with Crippen molar-refractivity contribution in [3.8, 4) is 12.3 Å². The molecule has 0 aliphatic carbocycles.